The Morgan fingerprint density at radius 3 is 2.85 bits per heavy atom. The van der Waals surface area contributed by atoms with Gasteiger partial charge in [-0.25, -0.2) is 9.37 Å². The number of thiazole rings is 1. The Labute approximate surface area is 164 Å². The molecular weight excluding hydrogens is 361 g/mol. The predicted molar refractivity (Wildman–Crippen MR) is 111 cm³/mol. The summed E-state index contributed by atoms with van der Waals surface area (Å²) in [7, 11) is 1.80. The molecule has 0 spiro atoms. The highest BCUT2D eigenvalue weighted by atomic mass is 32.1. The summed E-state index contributed by atoms with van der Waals surface area (Å²) in [5, 5.41) is 8.03. The lowest BCUT2D eigenvalue weighted by molar-refractivity contribution is 0.467. The average Bonchev–Trinajstić information content (AvgIpc) is 2.96. The van der Waals surface area contributed by atoms with E-state index in [1.807, 2.05) is 26.8 Å². The minimum atomic E-state index is -0.180. The van der Waals surface area contributed by atoms with Gasteiger partial charge in [0.15, 0.2) is 5.96 Å². The molecular formula is C20H28FN5S. The number of nitrogens with zero attached hydrogens (tertiary/aromatic N) is 3. The lowest BCUT2D eigenvalue weighted by Crippen LogP contribution is -2.51. The Hall–Kier alpha value is -2.15. The number of aromatic nitrogens is 1. The molecule has 7 heteroatoms. The summed E-state index contributed by atoms with van der Waals surface area (Å²) in [5.41, 5.74) is 3.17. The maximum Gasteiger partial charge on any atom is 0.191 e. The highest BCUT2D eigenvalue weighted by Gasteiger charge is 2.22. The van der Waals surface area contributed by atoms with E-state index in [0.717, 1.165) is 60.4 Å². The number of piperidine rings is 1. The van der Waals surface area contributed by atoms with Crippen LogP contribution in [0, 0.1) is 26.6 Å². The van der Waals surface area contributed by atoms with Crippen LogP contribution in [0.25, 0.3) is 0 Å². The Kier molecular flexibility index (Phi) is 6.31. The molecule has 1 unspecified atom stereocenters. The van der Waals surface area contributed by atoms with E-state index in [2.05, 4.69) is 25.5 Å². The Balaban J connectivity index is 1.59. The minimum absolute atomic E-state index is 0.180. The van der Waals surface area contributed by atoms with Gasteiger partial charge in [-0.2, -0.15) is 0 Å². The third kappa shape index (κ3) is 4.97. The van der Waals surface area contributed by atoms with Gasteiger partial charge in [-0.1, -0.05) is 0 Å². The molecule has 27 heavy (non-hydrogen) atoms. The van der Waals surface area contributed by atoms with Crippen molar-refractivity contribution in [1.82, 2.24) is 15.6 Å². The second kappa shape index (κ2) is 8.69. The second-order valence-electron chi connectivity index (χ2n) is 7.03. The van der Waals surface area contributed by atoms with Gasteiger partial charge in [-0.15, -0.1) is 11.3 Å². The Morgan fingerprint density at radius 1 is 1.37 bits per heavy atom. The molecule has 1 aliphatic heterocycles. The van der Waals surface area contributed by atoms with Crippen molar-refractivity contribution in [3.8, 4) is 0 Å². The number of guanidine groups is 1. The molecule has 2 N–H and O–H groups in total. The zero-order chi connectivity index (χ0) is 19.4. The fraction of sp³-hybridized carbons (Fsp3) is 0.500. The Bertz CT molecular complexity index is 817. The zero-order valence-electron chi connectivity index (χ0n) is 16.5. The van der Waals surface area contributed by atoms with Gasteiger partial charge >= 0.3 is 0 Å². The molecule has 2 aromatic rings. The first-order valence-electron chi connectivity index (χ1n) is 9.37. The molecule has 1 fully saturated rings. The van der Waals surface area contributed by atoms with E-state index in [9.17, 15) is 4.39 Å². The topological polar surface area (TPSA) is 52.6 Å². The molecule has 0 radical (unpaired) electrons. The normalized spacial score (nSPS) is 17.9. The van der Waals surface area contributed by atoms with Gasteiger partial charge in [0.25, 0.3) is 0 Å². The molecule has 3 rings (SSSR count). The predicted octanol–water partition coefficient (Wildman–Crippen LogP) is 3.54. The van der Waals surface area contributed by atoms with Crippen molar-refractivity contribution in [2.45, 2.75) is 46.2 Å². The second-order valence-corrected chi connectivity index (χ2v) is 8.32. The number of benzene rings is 1. The van der Waals surface area contributed by atoms with Crippen LogP contribution in [-0.4, -0.2) is 37.1 Å². The van der Waals surface area contributed by atoms with Gasteiger partial charge in [0, 0.05) is 36.7 Å². The lowest BCUT2D eigenvalue weighted by Gasteiger charge is -2.36. The van der Waals surface area contributed by atoms with Crippen molar-refractivity contribution in [1.29, 1.82) is 0 Å². The smallest absolute Gasteiger partial charge is 0.191 e. The summed E-state index contributed by atoms with van der Waals surface area (Å²) >= 11 is 1.72. The van der Waals surface area contributed by atoms with Crippen LogP contribution in [0.1, 0.15) is 34.0 Å². The summed E-state index contributed by atoms with van der Waals surface area (Å²) < 4.78 is 13.4. The van der Waals surface area contributed by atoms with E-state index in [1.54, 1.807) is 30.5 Å². The van der Waals surface area contributed by atoms with Crippen molar-refractivity contribution in [3.63, 3.8) is 0 Å². The van der Waals surface area contributed by atoms with Crippen molar-refractivity contribution in [2.75, 3.05) is 25.0 Å². The molecule has 1 saturated heterocycles. The van der Waals surface area contributed by atoms with Gasteiger partial charge in [0.1, 0.15) is 5.82 Å². The fourth-order valence-corrected chi connectivity index (χ4v) is 4.45. The van der Waals surface area contributed by atoms with Crippen LogP contribution in [0.3, 0.4) is 0 Å². The summed E-state index contributed by atoms with van der Waals surface area (Å²) in [6, 6.07) is 5.33. The molecule has 0 saturated carbocycles. The van der Waals surface area contributed by atoms with E-state index in [-0.39, 0.29) is 5.82 Å². The van der Waals surface area contributed by atoms with Crippen LogP contribution in [0.4, 0.5) is 10.1 Å². The summed E-state index contributed by atoms with van der Waals surface area (Å²) in [6.07, 6.45) is 2.19. The number of rotatable bonds is 4. The average molecular weight is 390 g/mol. The molecule has 2 heterocycles. The Morgan fingerprint density at radius 2 is 2.19 bits per heavy atom. The molecule has 1 aromatic carbocycles. The minimum Gasteiger partial charge on any atom is -0.369 e. The number of hydrogen-bond donors (Lipinski definition) is 2. The van der Waals surface area contributed by atoms with Gasteiger partial charge in [-0.05, 0) is 57.4 Å². The summed E-state index contributed by atoms with van der Waals surface area (Å²) in [5.74, 6) is 0.629. The highest BCUT2D eigenvalue weighted by Crippen LogP contribution is 2.24. The SMILES string of the molecule is CN=C(NCc1sc(C)nc1C)NC1CCCN(c2ccc(F)cc2C)C1. The molecule has 0 aliphatic carbocycles. The molecule has 0 amide bonds. The number of anilines is 1. The van der Waals surface area contributed by atoms with Crippen molar-refractivity contribution < 1.29 is 4.39 Å². The maximum atomic E-state index is 13.4. The van der Waals surface area contributed by atoms with E-state index < -0.39 is 0 Å². The summed E-state index contributed by atoms with van der Waals surface area (Å²) in [4.78, 5) is 12.4. The number of halogens is 1. The van der Waals surface area contributed by atoms with Crippen molar-refractivity contribution in [2.24, 2.45) is 4.99 Å². The van der Waals surface area contributed by atoms with E-state index in [4.69, 9.17) is 0 Å². The molecule has 1 aromatic heterocycles. The van der Waals surface area contributed by atoms with Crippen LogP contribution < -0.4 is 15.5 Å². The van der Waals surface area contributed by atoms with Gasteiger partial charge < -0.3 is 15.5 Å². The quantitative estimate of drug-likeness (QED) is 0.620. The maximum absolute atomic E-state index is 13.4. The molecule has 1 atom stereocenters. The van der Waals surface area contributed by atoms with Crippen LogP contribution in [0.15, 0.2) is 23.2 Å². The monoisotopic (exact) mass is 389 g/mol. The van der Waals surface area contributed by atoms with Crippen molar-refractivity contribution >= 4 is 23.0 Å². The van der Waals surface area contributed by atoms with Crippen LogP contribution in [-0.2, 0) is 6.54 Å². The van der Waals surface area contributed by atoms with Crippen molar-refractivity contribution in [3.05, 3.63) is 45.2 Å². The lowest BCUT2D eigenvalue weighted by atomic mass is 10.0. The first-order valence-corrected chi connectivity index (χ1v) is 10.2. The molecule has 1 aliphatic rings. The van der Waals surface area contributed by atoms with Gasteiger partial charge in [-0.3, -0.25) is 4.99 Å². The van der Waals surface area contributed by atoms with Crippen LogP contribution >= 0.6 is 11.3 Å². The number of aliphatic imine (C=N–C) groups is 1. The third-order valence-electron chi connectivity index (χ3n) is 4.90. The zero-order valence-corrected chi connectivity index (χ0v) is 17.3. The molecule has 0 bridgehead atoms. The molecule has 5 nitrogen and oxygen atoms in total. The third-order valence-corrected chi connectivity index (χ3v) is 5.97. The molecule has 146 valence electrons. The highest BCUT2D eigenvalue weighted by molar-refractivity contribution is 7.11. The fourth-order valence-electron chi connectivity index (χ4n) is 3.58. The number of hydrogen-bond acceptors (Lipinski definition) is 4. The first-order chi connectivity index (χ1) is 13.0. The van der Waals surface area contributed by atoms with E-state index in [1.165, 1.54) is 4.88 Å². The standard InChI is InChI=1S/C20H28FN5S/c1-13-10-16(21)7-8-18(13)26-9-5-6-17(12-26)25-20(22-4)23-11-19-14(2)24-15(3)27-19/h7-8,10,17H,5-6,9,11-12H2,1-4H3,(H2,22,23,25). The van der Waals surface area contributed by atoms with Gasteiger partial charge in [0.05, 0.1) is 17.2 Å². The van der Waals surface area contributed by atoms with Gasteiger partial charge in [0.2, 0.25) is 0 Å². The summed E-state index contributed by atoms with van der Waals surface area (Å²) in [6.45, 7) is 8.64. The van der Waals surface area contributed by atoms with Crippen LogP contribution in [0.5, 0.6) is 0 Å². The number of nitrogens with one attached hydrogen (secondary N) is 2. The largest absolute Gasteiger partial charge is 0.369 e. The van der Waals surface area contributed by atoms with E-state index in [0.29, 0.717) is 6.04 Å². The van der Waals surface area contributed by atoms with E-state index >= 15 is 0 Å². The number of aryl methyl sites for hydroxylation is 3. The first kappa shape index (κ1) is 19.6. The van der Waals surface area contributed by atoms with Crippen LogP contribution in [0.2, 0.25) is 0 Å².